The molecule has 0 spiro atoms. The van der Waals surface area contributed by atoms with Crippen LogP contribution >= 0.6 is 0 Å². The van der Waals surface area contributed by atoms with E-state index in [1.807, 2.05) is 146 Å². The van der Waals surface area contributed by atoms with Crippen molar-refractivity contribution >= 4 is 104 Å². The highest BCUT2D eigenvalue weighted by molar-refractivity contribution is 7.89. The molecule has 30 nitrogen and oxygen atoms in total. The molecule has 0 saturated carbocycles. The number of aryl methyl sites for hydroxylation is 5. The van der Waals surface area contributed by atoms with E-state index in [0.717, 1.165) is 136 Å². The number of fused-ring (bicyclic) bond motifs is 3. The van der Waals surface area contributed by atoms with Crippen LogP contribution in [0.2, 0.25) is 0 Å². The number of benzene rings is 8. The van der Waals surface area contributed by atoms with Crippen LogP contribution in [0.4, 0.5) is 81.4 Å². The van der Waals surface area contributed by atoms with Crippen LogP contribution in [0, 0.1) is 20.8 Å². The average Bonchev–Trinajstić information content (AvgIpc) is 1.62. The van der Waals surface area contributed by atoms with Crippen molar-refractivity contribution in [3.8, 4) is 0 Å². The molecule has 146 heavy (non-hydrogen) atoms. The highest BCUT2D eigenvalue weighted by Crippen LogP contribution is 2.41. The molecule has 1 atom stereocenters. The minimum atomic E-state index is -4.47. The first-order chi connectivity index (χ1) is 68.4. The fourth-order valence-electron chi connectivity index (χ4n) is 17.2. The smallest absolute Gasteiger partial charge is 0.356 e. The summed E-state index contributed by atoms with van der Waals surface area (Å²) in [5.41, 5.74) is 18.7. The van der Waals surface area contributed by atoms with Crippen molar-refractivity contribution in [3.05, 3.63) is 301 Å². The molecular weight excluding hydrogens is 1980 g/mol. The number of halogens is 9. The summed E-state index contributed by atoms with van der Waals surface area (Å²) in [5, 5.41) is 23.5. The van der Waals surface area contributed by atoms with Crippen molar-refractivity contribution in [2.45, 2.75) is 260 Å². The molecule has 4 heterocycles. The van der Waals surface area contributed by atoms with Gasteiger partial charge in [-0.2, -0.15) is 87.9 Å². The van der Waals surface area contributed by atoms with Crippen LogP contribution in [0.25, 0.3) is 11.0 Å². The molecule has 3 aromatic heterocycles. The van der Waals surface area contributed by atoms with E-state index in [1.165, 1.54) is 35.4 Å². The van der Waals surface area contributed by atoms with Crippen molar-refractivity contribution in [2.75, 3.05) is 27.8 Å². The predicted octanol–water partition coefficient (Wildman–Crippen LogP) is 22.0. The number of aliphatic imine (C=N–C) groups is 1. The molecule has 0 radical (unpaired) electrons. The van der Waals surface area contributed by atoms with Crippen molar-refractivity contribution in [3.63, 3.8) is 0 Å². The summed E-state index contributed by atoms with van der Waals surface area (Å²) in [4.78, 5) is 55.7. The molecule has 43 heteroatoms. The Bertz CT molecular complexity index is 6880. The summed E-state index contributed by atoms with van der Waals surface area (Å²) in [6.07, 6.45) is -3.53. The predicted molar refractivity (Wildman–Crippen MR) is 546 cm³/mol. The molecule has 14 rings (SSSR count). The summed E-state index contributed by atoms with van der Waals surface area (Å²) >= 11 is 0. The Balaban J connectivity index is 0.000000186. The Morgan fingerprint density at radius 2 is 0.767 bits per heavy atom. The lowest BCUT2D eigenvalue weighted by Crippen LogP contribution is -2.46. The van der Waals surface area contributed by atoms with E-state index in [1.54, 1.807) is 109 Å². The Hall–Kier alpha value is -12.8. The fourth-order valence-corrected chi connectivity index (χ4v) is 21.4. The van der Waals surface area contributed by atoms with Gasteiger partial charge >= 0.3 is 73.3 Å². The molecule has 786 valence electrons. The number of aromatic nitrogens is 5. The van der Waals surface area contributed by atoms with Gasteiger partial charge in [0.2, 0.25) is 10.0 Å². The number of carbonyl (C=O) groups is 4. The van der Waals surface area contributed by atoms with Crippen molar-refractivity contribution in [1.82, 2.24) is 56.5 Å². The molecule has 11 aromatic rings. The minimum absolute atomic E-state index is 0.0655. The summed E-state index contributed by atoms with van der Waals surface area (Å²) in [7, 11) is -17.2. The van der Waals surface area contributed by atoms with E-state index < -0.39 is 109 Å². The zero-order valence-corrected chi connectivity index (χ0v) is 87.0. The van der Waals surface area contributed by atoms with Gasteiger partial charge in [-0.3, -0.25) is 14.4 Å². The number of rotatable bonds is 34. The van der Waals surface area contributed by atoms with E-state index >= 15 is 0 Å². The van der Waals surface area contributed by atoms with Gasteiger partial charge in [0.25, 0.3) is 0 Å². The number of carbonyl (C=O) groups excluding carboxylic acids is 4. The van der Waals surface area contributed by atoms with Crippen LogP contribution in [0.1, 0.15) is 244 Å². The molecule has 8 N–H and O–H groups in total. The number of amides is 8. The maximum Gasteiger partial charge on any atom is 0.408 e. The van der Waals surface area contributed by atoms with Crippen LogP contribution < -0.4 is 40.2 Å². The topological polar surface area (TPSA) is 385 Å². The third-order valence-electron chi connectivity index (χ3n) is 24.0. The zero-order valence-electron chi connectivity index (χ0n) is 83.7. The number of sulfonamides is 1. The van der Waals surface area contributed by atoms with Crippen molar-refractivity contribution in [2.24, 2.45) is 4.99 Å². The lowest BCUT2D eigenvalue weighted by molar-refractivity contribution is -0.143. The molecule has 8 aromatic carbocycles. The summed E-state index contributed by atoms with van der Waals surface area (Å²) < 4.78 is 238. The molecule has 0 saturated heterocycles. The lowest BCUT2D eigenvalue weighted by atomic mass is 9.90. The van der Waals surface area contributed by atoms with Gasteiger partial charge in [0.1, 0.15) is 13.1 Å². The lowest BCUT2D eigenvalue weighted by Gasteiger charge is -2.24. The number of hydrogen-bond donors (Lipinski definition) is 8. The summed E-state index contributed by atoms with van der Waals surface area (Å²) in [5.74, 6) is 0.0953. The van der Waals surface area contributed by atoms with Crippen LogP contribution in [-0.2, 0) is 118 Å². The van der Waals surface area contributed by atoms with Crippen molar-refractivity contribution in [1.29, 1.82) is 0 Å². The van der Waals surface area contributed by atoms with E-state index in [-0.39, 0.29) is 97.6 Å². The number of urea groups is 4. The number of anilines is 4. The SMILES string of the molecule is CC(C)c1cccc(C(C)C)c1NC(=O)NS(=O)(=O)N(Cc1ccccc1)Cc1ccn(CC(F)(F)F)n1.Cc1cc(C(C)C)c(NC(=O)NS(=O)(=O)N(CC2=NC(CC(F)(F)F)C=C2)Cc2ccccc2)c(C(C)C)c1.Cc1cc(C(C)C)c(NC(=O)NS(=O)(=O)N(Cc2ccccc2)Cc2ccn(CC(F)(F)F)n2)c(C(C)C)c1.Cc1noc2cc(CS(=O)(=O)NC(=O)Nc3c4c(cc5c3CCC5)CCC4)ccc12. The van der Waals surface area contributed by atoms with Crippen molar-refractivity contribution < 1.29 is 96.9 Å². The zero-order chi connectivity index (χ0) is 107. The third-order valence-corrected chi connectivity index (χ3v) is 29.3. The van der Waals surface area contributed by atoms with Gasteiger partial charge in [0.15, 0.2) is 5.58 Å². The van der Waals surface area contributed by atoms with Crippen LogP contribution in [-0.4, -0.2) is 132 Å². The average molecular weight is 2110 g/mol. The molecule has 2 aliphatic carbocycles. The molecule has 1 aliphatic heterocycles. The van der Waals surface area contributed by atoms with Gasteiger partial charge < -0.3 is 25.8 Å². The maximum absolute atomic E-state index is 13.4. The first kappa shape index (κ1) is 114. The monoisotopic (exact) mass is 2110 g/mol. The van der Waals surface area contributed by atoms with E-state index in [4.69, 9.17) is 4.52 Å². The van der Waals surface area contributed by atoms with E-state index in [9.17, 15) is 92.4 Å². The van der Waals surface area contributed by atoms with Crippen LogP contribution in [0.5, 0.6) is 0 Å². The molecule has 3 aliphatic rings. The van der Waals surface area contributed by atoms with E-state index in [0.29, 0.717) is 54.3 Å². The maximum atomic E-state index is 13.4. The Kier molecular flexibility index (Phi) is 37.8. The number of alkyl halides is 9. The quantitative estimate of drug-likeness (QED) is 0.0174. The van der Waals surface area contributed by atoms with Crippen LogP contribution in [0.15, 0.2) is 204 Å². The van der Waals surface area contributed by atoms with E-state index in [2.05, 4.69) is 66.6 Å². The van der Waals surface area contributed by atoms with Gasteiger partial charge in [0, 0.05) is 60.2 Å². The highest BCUT2D eigenvalue weighted by Gasteiger charge is 2.38. The Morgan fingerprint density at radius 3 is 1.14 bits per heavy atom. The number of hydrogen-bond acceptors (Lipinski definition) is 17. The van der Waals surface area contributed by atoms with Gasteiger partial charge in [-0.15, -0.1) is 0 Å². The standard InChI is InChI=1S/C28H35F3N4O3S.C27H34F3N5O3S.C26H32F3N5O3S.C22H23N3O4S/c1-18(2)24-13-20(5)14-25(19(3)4)26(24)33-27(36)34-39(37,38)35(16-21-9-7-6-8-10-21)17-23-12-11-22(32-23)15-28(29,30)31;1-18(2)23-13-20(5)14-24(19(3)4)25(23)31-26(36)33-39(37,38)35(15-21-9-7-6-8-10-21)16-22-11-12-34(32-22)17-27(28,29)30;1-18(2)22-11-8-12-23(19(3)4)24(22)30-25(35)32-38(36,37)34(15-20-9-6-5-7-10-20)16-21-13-14-33(31-21)17-26(27,28)29;1-13-17-9-8-14(10-20(17)29-24-13)12-30(27,28)25-22(26)23-21-18-6-2-4-15(18)11-16-5-3-7-19(16)21/h6-14,18-19,22H,15-17H2,1-5H3,(H2,33,34,36);6-14,18-19H,15-17H2,1-5H3,(H2,31,33,36);5-14,18-19H,15-17H2,1-4H3,(H2,30,32,35);8-11H,2-7,12H2,1H3,(H2,23,25,26). The van der Waals surface area contributed by atoms with Gasteiger partial charge in [0.05, 0.1) is 60.6 Å². The first-order valence-corrected chi connectivity index (χ1v) is 53.5. The normalized spacial score (nSPS) is 13.9. The Labute approximate surface area is 846 Å². The number of nitrogens with zero attached hydrogens (tertiary/aromatic N) is 9. The van der Waals surface area contributed by atoms with Gasteiger partial charge in [-0.05, 0) is 203 Å². The summed E-state index contributed by atoms with van der Waals surface area (Å²) in [6.45, 7) is 25.6. The third kappa shape index (κ3) is 32.8. The minimum Gasteiger partial charge on any atom is -0.356 e. The highest BCUT2D eigenvalue weighted by atomic mass is 32.2. The number of nitrogens with one attached hydrogen (secondary N) is 8. The largest absolute Gasteiger partial charge is 0.408 e. The molecule has 1 unspecified atom stereocenters. The second-order valence-corrected chi connectivity index (χ2v) is 44.8. The second kappa shape index (κ2) is 48.7. The second-order valence-electron chi connectivity index (χ2n) is 38.1. The molecule has 8 amide bonds. The molecule has 0 bridgehead atoms. The molecule has 0 fully saturated rings. The molecular formula is C103H124F9N17O13S4. The van der Waals surface area contributed by atoms with Crippen LogP contribution in [0.3, 0.4) is 0 Å². The number of para-hydroxylation sites is 1. The Morgan fingerprint density at radius 1 is 0.404 bits per heavy atom. The van der Waals surface area contributed by atoms with Gasteiger partial charge in [-0.1, -0.05) is 251 Å². The first-order valence-electron chi connectivity index (χ1n) is 47.6. The fraction of sp³-hybridized carbons (Fsp3) is 0.398. The van der Waals surface area contributed by atoms with Gasteiger partial charge in [-0.25, -0.2) is 46.5 Å². The summed E-state index contributed by atoms with van der Waals surface area (Å²) in [6, 6.07) is 44.9.